The van der Waals surface area contributed by atoms with Crippen molar-refractivity contribution in [1.82, 2.24) is 9.80 Å². The number of urea groups is 1. The van der Waals surface area contributed by atoms with Gasteiger partial charge >= 0.3 is 12.0 Å². The van der Waals surface area contributed by atoms with Gasteiger partial charge in [-0.05, 0) is 32.6 Å². The highest BCUT2D eigenvalue weighted by molar-refractivity contribution is 5.85. The fraction of sp³-hybridized carbons (Fsp3) is 0.867. The van der Waals surface area contributed by atoms with Crippen molar-refractivity contribution in [1.29, 1.82) is 0 Å². The van der Waals surface area contributed by atoms with E-state index >= 15 is 0 Å². The Kier molecular flexibility index (Phi) is 5.42. The van der Waals surface area contributed by atoms with Crippen LogP contribution < -0.4 is 0 Å². The van der Waals surface area contributed by atoms with Crippen molar-refractivity contribution in [2.45, 2.75) is 65.0 Å². The van der Waals surface area contributed by atoms with Crippen molar-refractivity contribution in [3.8, 4) is 0 Å². The van der Waals surface area contributed by atoms with E-state index in [0.717, 1.165) is 25.7 Å². The second-order valence-corrected chi connectivity index (χ2v) is 6.69. The van der Waals surface area contributed by atoms with Crippen molar-refractivity contribution in [2.75, 3.05) is 13.6 Å². The second-order valence-electron chi connectivity index (χ2n) is 6.69. The van der Waals surface area contributed by atoms with E-state index in [1.807, 2.05) is 4.90 Å². The molecule has 0 bridgehead atoms. The Hall–Kier alpha value is -1.26. The molecule has 0 aromatic heterocycles. The van der Waals surface area contributed by atoms with E-state index in [1.165, 1.54) is 4.90 Å². The summed E-state index contributed by atoms with van der Waals surface area (Å²) in [6, 6.07) is 0.0925. The van der Waals surface area contributed by atoms with Gasteiger partial charge in [-0.1, -0.05) is 26.7 Å². The molecule has 1 aliphatic rings. The Balaban J connectivity index is 2.89. The molecule has 116 valence electrons. The molecule has 0 radical (unpaired) electrons. The van der Waals surface area contributed by atoms with Crippen molar-refractivity contribution in [3.63, 3.8) is 0 Å². The Labute approximate surface area is 121 Å². The average molecular weight is 284 g/mol. The smallest absolute Gasteiger partial charge is 0.329 e. The summed E-state index contributed by atoms with van der Waals surface area (Å²) >= 11 is 0. The van der Waals surface area contributed by atoms with Gasteiger partial charge in [-0.15, -0.1) is 0 Å². The third-order valence-electron chi connectivity index (χ3n) is 4.22. The summed E-state index contributed by atoms with van der Waals surface area (Å²) in [5, 5.41) is 9.28. The van der Waals surface area contributed by atoms with Gasteiger partial charge in [0.2, 0.25) is 0 Å². The van der Waals surface area contributed by atoms with Crippen molar-refractivity contribution in [2.24, 2.45) is 5.92 Å². The summed E-state index contributed by atoms with van der Waals surface area (Å²) < 4.78 is 0. The number of hydrogen-bond donors (Lipinski definition) is 1. The molecule has 0 atom stereocenters. The van der Waals surface area contributed by atoms with Crippen molar-refractivity contribution < 1.29 is 14.7 Å². The van der Waals surface area contributed by atoms with Crippen LogP contribution in [0.1, 0.15) is 53.4 Å². The van der Waals surface area contributed by atoms with Gasteiger partial charge in [-0.3, -0.25) is 0 Å². The Bertz CT molecular complexity index is 360. The molecule has 0 spiro atoms. The zero-order valence-corrected chi connectivity index (χ0v) is 13.3. The van der Waals surface area contributed by atoms with Crippen LogP contribution in [0.25, 0.3) is 0 Å². The number of amides is 2. The van der Waals surface area contributed by atoms with Gasteiger partial charge in [0.05, 0.1) is 0 Å². The predicted octanol–water partition coefficient (Wildman–Crippen LogP) is 2.80. The summed E-state index contributed by atoms with van der Waals surface area (Å²) in [4.78, 5) is 27.3. The van der Waals surface area contributed by atoms with E-state index < -0.39 is 11.5 Å². The van der Waals surface area contributed by atoms with Gasteiger partial charge in [0.15, 0.2) is 0 Å². The molecule has 1 saturated carbocycles. The Morgan fingerprint density at radius 2 is 1.75 bits per heavy atom. The Morgan fingerprint density at radius 1 is 1.25 bits per heavy atom. The lowest BCUT2D eigenvalue weighted by Gasteiger charge is -2.39. The second kappa shape index (κ2) is 6.46. The van der Waals surface area contributed by atoms with E-state index in [0.29, 0.717) is 12.5 Å². The van der Waals surface area contributed by atoms with Crippen LogP contribution in [0, 0.1) is 5.92 Å². The van der Waals surface area contributed by atoms with E-state index in [-0.39, 0.29) is 12.1 Å². The first-order valence-electron chi connectivity index (χ1n) is 7.45. The fourth-order valence-electron chi connectivity index (χ4n) is 2.57. The first kappa shape index (κ1) is 16.8. The third kappa shape index (κ3) is 3.64. The number of carboxylic acid groups (broad SMARTS) is 1. The molecule has 0 heterocycles. The van der Waals surface area contributed by atoms with Gasteiger partial charge in [-0.25, -0.2) is 9.59 Å². The summed E-state index contributed by atoms with van der Waals surface area (Å²) in [7, 11) is 1.58. The lowest BCUT2D eigenvalue weighted by atomic mass is 10.0. The van der Waals surface area contributed by atoms with Gasteiger partial charge in [0, 0.05) is 19.6 Å². The number of rotatable bonds is 5. The maximum absolute atomic E-state index is 12.7. The van der Waals surface area contributed by atoms with E-state index in [4.69, 9.17) is 0 Å². The monoisotopic (exact) mass is 284 g/mol. The van der Waals surface area contributed by atoms with Crippen LogP contribution in [0.15, 0.2) is 0 Å². The van der Waals surface area contributed by atoms with Crippen LogP contribution >= 0.6 is 0 Å². The van der Waals surface area contributed by atoms with Gasteiger partial charge in [0.1, 0.15) is 5.54 Å². The van der Waals surface area contributed by atoms with E-state index in [2.05, 4.69) is 13.8 Å². The van der Waals surface area contributed by atoms with Crippen LogP contribution in [0.4, 0.5) is 4.79 Å². The molecule has 0 aliphatic heterocycles. The molecule has 0 aromatic rings. The normalized spacial score (nSPS) is 16.5. The summed E-state index contributed by atoms with van der Waals surface area (Å²) in [5.41, 5.74) is -1.19. The highest BCUT2D eigenvalue weighted by Gasteiger charge is 2.39. The number of likely N-dealkylation sites (N-methyl/N-ethyl adjacent to an activating group) is 1. The number of aliphatic carboxylic acids is 1. The Morgan fingerprint density at radius 3 is 2.15 bits per heavy atom. The molecular weight excluding hydrogens is 256 g/mol. The zero-order chi connectivity index (χ0) is 15.5. The molecule has 2 amide bonds. The molecule has 0 saturated heterocycles. The molecule has 1 fully saturated rings. The zero-order valence-electron chi connectivity index (χ0n) is 13.3. The quantitative estimate of drug-likeness (QED) is 0.844. The summed E-state index contributed by atoms with van der Waals surface area (Å²) in [6.07, 6.45) is 4.36. The van der Waals surface area contributed by atoms with Crippen molar-refractivity contribution >= 4 is 12.0 Å². The minimum atomic E-state index is -1.19. The predicted molar refractivity (Wildman–Crippen MR) is 78.7 cm³/mol. The molecule has 5 nitrogen and oxygen atoms in total. The first-order chi connectivity index (χ1) is 9.17. The van der Waals surface area contributed by atoms with Gasteiger partial charge in [-0.2, -0.15) is 0 Å². The maximum Gasteiger partial charge on any atom is 0.329 e. The number of nitrogens with zero attached hydrogens (tertiary/aromatic N) is 2. The number of hydrogen-bond acceptors (Lipinski definition) is 2. The number of carbonyl (C=O) groups excluding carboxylic acids is 1. The molecule has 1 aliphatic carbocycles. The standard InChI is InChI=1S/C15H28N2O3/c1-11(2)10-17(12-8-6-7-9-12)14(20)16(5)15(3,4)13(18)19/h11-12H,6-10H2,1-5H3,(H,18,19). The topological polar surface area (TPSA) is 60.9 Å². The minimum Gasteiger partial charge on any atom is -0.480 e. The van der Waals surface area contributed by atoms with Crippen LogP contribution in [0.5, 0.6) is 0 Å². The van der Waals surface area contributed by atoms with Gasteiger partial charge in [0.25, 0.3) is 0 Å². The number of carboxylic acids is 1. The molecule has 5 heteroatoms. The molecule has 20 heavy (non-hydrogen) atoms. The largest absolute Gasteiger partial charge is 0.480 e. The summed E-state index contributed by atoms with van der Waals surface area (Å²) in [6.45, 7) is 7.98. The first-order valence-corrected chi connectivity index (χ1v) is 7.45. The van der Waals surface area contributed by atoms with Gasteiger partial charge < -0.3 is 14.9 Å². The fourth-order valence-corrected chi connectivity index (χ4v) is 2.57. The molecule has 1 N–H and O–H groups in total. The lowest BCUT2D eigenvalue weighted by Crippen LogP contribution is -2.57. The molecule has 1 rings (SSSR count). The number of carbonyl (C=O) groups is 2. The van der Waals surface area contributed by atoms with Crippen molar-refractivity contribution in [3.05, 3.63) is 0 Å². The lowest BCUT2D eigenvalue weighted by molar-refractivity contribution is -0.147. The van der Waals surface area contributed by atoms with E-state index in [1.54, 1.807) is 20.9 Å². The third-order valence-corrected chi connectivity index (χ3v) is 4.22. The molecule has 0 aromatic carbocycles. The van der Waals surface area contributed by atoms with E-state index in [9.17, 15) is 14.7 Å². The van der Waals surface area contributed by atoms with Crippen LogP contribution in [-0.2, 0) is 4.79 Å². The maximum atomic E-state index is 12.7. The van der Waals surface area contributed by atoms with Crippen LogP contribution in [0.3, 0.4) is 0 Å². The minimum absolute atomic E-state index is 0.169. The molecule has 0 unspecified atom stereocenters. The van der Waals surface area contributed by atoms with Crippen LogP contribution in [-0.4, -0.2) is 52.1 Å². The van der Waals surface area contributed by atoms with Crippen LogP contribution in [0.2, 0.25) is 0 Å². The average Bonchev–Trinajstić information content (AvgIpc) is 2.87. The summed E-state index contributed by atoms with van der Waals surface area (Å²) in [5.74, 6) is -0.606. The molecular formula is C15H28N2O3. The highest BCUT2D eigenvalue weighted by atomic mass is 16.4. The highest BCUT2D eigenvalue weighted by Crippen LogP contribution is 2.26. The SMILES string of the molecule is CC(C)CN(C(=O)N(C)C(C)(C)C(=O)O)C1CCCC1.